The first-order valence-corrected chi connectivity index (χ1v) is 14.2. The number of ether oxygens (including phenoxy) is 1. The Hall–Kier alpha value is -5.25. The Morgan fingerprint density at radius 3 is 2.11 bits per heavy atom. The van der Waals surface area contributed by atoms with Crippen molar-refractivity contribution in [3.8, 4) is 5.75 Å². The molecule has 1 N–H and O–H groups in total. The Bertz CT molecular complexity index is 1600. The molecule has 0 spiro atoms. The smallest absolute Gasteiger partial charge is 0.257 e. The van der Waals surface area contributed by atoms with Gasteiger partial charge in [0.05, 0.1) is 12.7 Å². The van der Waals surface area contributed by atoms with E-state index in [0.717, 1.165) is 5.69 Å². The van der Waals surface area contributed by atoms with E-state index in [2.05, 4.69) is 10.2 Å². The molecule has 0 bridgehead atoms. The maximum absolute atomic E-state index is 14.4. The Morgan fingerprint density at radius 2 is 1.48 bits per heavy atom. The van der Waals surface area contributed by atoms with Gasteiger partial charge in [-0.2, -0.15) is 0 Å². The molecule has 8 nitrogen and oxygen atoms in total. The fraction of sp³-hybridized carbons (Fsp3) is 0.206. The first-order valence-electron chi connectivity index (χ1n) is 14.2. The number of halogens is 2. The number of piperazine rings is 1. The van der Waals surface area contributed by atoms with E-state index in [-0.39, 0.29) is 24.6 Å². The fourth-order valence-electron chi connectivity index (χ4n) is 5.03. The summed E-state index contributed by atoms with van der Waals surface area (Å²) in [6.07, 6.45) is 0. The number of carbonyl (C=O) groups is 3. The number of benzene rings is 4. The predicted molar refractivity (Wildman–Crippen MR) is 164 cm³/mol. The van der Waals surface area contributed by atoms with Crippen molar-refractivity contribution in [2.75, 3.05) is 50.1 Å². The lowest BCUT2D eigenvalue weighted by molar-refractivity contribution is -0.117. The lowest BCUT2D eigenvalue weighted by Gasteiger charge is -2.36. The third-order valence-electron chi connectivity index (χ3n) is 7.43. The molecule has 0 saturated carbocycles. The lowest BCUT2D eigenvalue weighted by Crippen LogP contribution is -2.48. The van der Waals surface area contributed by atoms with E-state index in [4.69, 9.17) is 4.74 Å². The number of methoxy groups -OCH3 is 1. The van der Waals surface area contributed by atoms with Gasteiger partial charge in [0.15, 0.2) is 0 Å². The molecular weight excluding hydrogens is 566 g/mol. The number of rotatable bonds is 9. The summed E-state index contributed by atoms with van der Waals surface area (Å²) in [5.41, 5.74) is 2.54. The highest BCUT2D eigenvalue weighted by molar-refractivity contribution is 5.99. The van der Waals surface area contributed by atoms with E-state index in [1.54, 1.807) is 49.6 Å². The van der Waals surface area contributed by atoms with Gasteiger partial charge >= 0.3 is 0 Å². The van der Waals surface area contributed by atoms with Gasteiger partial charge in [-0.1, -0.05) is 24.3 Å². The van der Waals surface area contributed by atoms with Crippen LogP contribution in [0.25, 0.3) is 0 Å². The molecule has 1 heterocycles. The molecule has 1 saturated heterocycles. The van der Waals surface area contributed by atoms with Gasteiger partial charge in [-0.3, -0.25) is 14.4 Å². The SMILES string of the molecule is COc1ccc(C(=O)N2CCN(c3ccc(NC(=O)CN(Cc4ccc(F)cc4)C(=O)c4ccccc4F)cc3)CC2)cc1. The Morgan fingerprint density at radius 1 is 0.818 bits per heavy atom. The molecule has 3 amide bonds. The number of nitrogens with one attached hydrogen (secondary N) is 1. The molecule has 1 aliphatic heterocycles. The molecule has 0 atom stereocenters. The molecule has 0 unspecified atom stereocenters. The molecule has 44 heavy (non-hydrogen) atoms. The minimum Gasteiger partial charge on any atom is -0.497 e. The second kappa shape index (κ2) is 13.8. The molecule has 1 aliphatic rings. The van der Waals surface area contributed by atoms with Crippen LogP contribution in [-0.4, -0.2) is 67.4 Å². The zero-order valence-corrected chi connectivity index (χ0v) is 24.2. The van der Waals surface area contributed by atoms with Crippen LogP contribution in [0.5, 0.6) is 5.75 Å². The topological polar surface area (TPSA) is 82.2 Å². The number of hydrogen-bond donors (Lipinski definition) is 1. The van der Waals surface area contributed by atoms with Crippen LogP contribution in [-0.2, 0) is 11.3 Å². The summed E-state index contributed by atoms with van der Waals surface area (Å²) in [7, 11) is 1.58. The van der Waals surface area contributed by atoms with Crippen LogP contribution in [0.1, 0.15) is 26.3 Å². The number of nitrogens with zero attached hydrogens (tertiary/aromatic N) is 3. The monoisotopic (exact) mass is 598 g/mol. The molecule has 0 aliphatic carbocycles. The highest BCUT2D eigenvalue weighted by Crippen LogP contribution is 2.21. The van der Waals surface area contributed by atoms with Crippen LogP contribution < -0.4 is 15.0 Å². The third-order valence-corrected chi connectivity index (χ3v) is 7.43. The van der Waals surface area contributed by atoms with Gasteiger partial charge < -0.3 is 24.8 Å². The molecule has 4 aromatic rings. The van der Waals surface area contributed by atoms with E-state index in [1.165, 1.54) is 47.4 Å². The number of carbonyl (C=O) groups excluding carboxylic acids is 3. The zero-order chi connectivity index (χ0) is 31.1. The first kappa shape index (κ1) is 30.2. The van der Waals surface area contributed by atoms with Gasteiger partial charge in [-0.05, 0) is 78.4 Å². The van der Waals surface area contributed by atoms with Crippen molar-refractivity contribution < 1.29 is 27.9 Å². The molecular formula is C34H32F2N4O4. The van der Waals surface area contributed by atoms with Crippen molar-refractivity contribution in [2.24, 2.45) is 0 Å². The molecule has 5 rings (SSSR count). The van der Waals surface area contributed by atoms with Crippen molar-refractivity contribution in [3.05, 3.63) is 125 Å². The van der Waals surface area contributed by atoms with Crippen molar-refractivity contribution in [3.63, 3.8) is 0 Å². The maximum atomic E-state index is 14.4. The van der Waals surface area contributed by atoms with Gasteiger partial charge in [-0.25, -0.2) is 8.78 Å². The van der Waals surface area contributed by atoms with Gasteiger partial charge in [-0.15, -0.1) is 0 Å². The van der Waals surface area contributed by atoms with Crippen LogP contribution >= 0.6 is 0 Å². The van der Waals surface area contributed by atoms with Crippen LogP contribution in [0.3, 0.4) is 0 Å². The summed E-state index contributed by atoms with van der Waals surface area (Å²) in [5.74, 6) is -1.55. The normalized spacial score (nSPS) is 12.9. The summed E-state index contributed by atoms with van der Waals surface area (Å²) in [6, 6.07) is 25.5. The first-order chi connectivity index (χ1) is 21.3. The maximum Gasteiger partial charge on any atom is 0.257 e. The molecule has 0 radical (unpaired) electrons. The highest BCUT2D eigenvalue weighted by atomic mass is 19.1. The summed E-state index contributed by atoms with van der Waals surface area (Å²) in [4.78, 5) is 44.3. The van der Waals surface area contributed by atoms with Gasteiger partial charge in [0.25, 0.3) is 11.8 Å². The highest BCUT2D eigenvalue weighted by Gasteiger charge is 2.24. The van der Waals surface area contributed by atoms with Crippen molar-refractivity contribution >= 4 is 29.1 Å². The summed E-state index contributed by atoms with van der Waals surface area (Å²) in [6.45, 7) is 2.12. The van der Waals surface area contributed by atoms with Gasteiger partial charge in [0.2, 0.25) is 5.91 Å². The lowest BCUT2D eigenvalue weighted by atomic mass is 10.1. The second-order valence-electron chi connectivity index (χ2n) is 10.4. The van der Waals surface area contributed by atoms with Crippen molar-refractivity contribution in [1.29, 1.82) is 0 Å². The average Bonchev–Trinajstić information content (AvgIpc) is 3.05. The number of amides is 3. The van der Waals surface area contributed by atoms with Crippen LogP contribution in [0.4, 0.5) is 20.2 Å². The predicted octanol–water partition coefficient (Wildman–Crippen LogP) is 5.22. The Labute approximate surface area is 254 Å². The van der Waals surface area contributed by atoms with E-state index in [0.29, 0.717) is 48.7 Å². The molecule has 0 aromatic heterocycles. The van der Waals surface area contributed by atoms with Gasteiger partial charge in [0.1, 0.15) is 23.9 Å². The molecule has 10 heteroatoms. The third kappa shape index (κ3) is 7.38. The van der Waals surface area contributed by atoms with Crippen LogP contribution in [0.2, 0.25) is 0 Å². The van der Waals surface area contributed by atoms with Crippen LogP contribution in [0.15, 0.2) is 97.1 Å². The van der Waals surface area contributed by atoms with Crippen LogP contribution in [0, 0.1) is 11.6 Å². The fourth-order valence-corrected chi connectivity index (χ4v) is 5.03. The minimum atomic E-state index is -0.691. The quantitative estimate of drug-likeness (QED) is 0.286. The van der Waals surface area contributed by atoms with Crippen molar-refractivity contribution in [2.45, 2.75) is 6.54 Å². The van der Waals surface area contributed by atoms with E-state index < -0.39 is 23.4 Å². The van der Waals surface area contributed by atoms with E-state index in [1.807, 2.05) is 17.0 Å². The Balaban J connectivity index is 1.18. The number of anilines is 2. The summed E-state index contributed by atoms with van der Waals surface area (Å²) in [5, 5.41) is 2.80. The Kier molecular flexibility index (Phi) is 9.49. The van der Waals surface area contributed by atoms with E-state index in [9.17, 15) is 23.2 Å². The molecule has 4 aromatic carbocycles. The summed E-state index contributed by atoms with van der Waals surface area (Å²) >= 11 is 0. The number of hydrogen-bond acceptors (Lipinski definition) is 5. The largest absolute Gasteiger partial charge is 0.497 e. The average molecular weight is 599 g/mol. The minimum absolute atomic E-state index is 0.00719. The van der Waals surface area contributed by atoms with E-state index >= 15 is 0 Å². The molecule has 1 fully saturated rings. The second-order valence-corrected chi connectivity index (χ2v) is 10.4. The standard InChI is InChI=1S/C34H32F2N4O4/c1-44-29-16-8-25(9-17-29)33(42)39-20-18-38(19-21-39)28-14-12-27(13-15-28)37-32(41)23-40(22-24-6-10-26(35)11-7-24)34(43)30-4-2-3-5-31(30)36/h2-17H,18-23H2,1H3,(H,37,41). The summed E-state index contributed by atoms with van der Waals surface area (Å²) < 4.78 is 33.0. The zero-order valence-electron chi connectivity index (χ0n) is 24.2. The molecule has 226 valence electrons. The van der Waals surface area contributed by atoms with Gasteiger partial charge in [0, 0.05) is 49.7 Å². The van der Waals surface area contributed by atoms with Crippen molar-refractivity contribution in [1.82, 2.24) is 9.80 Å².